The molecule has 162 valence electrons. The highest BCUT2D eigenvalue weighted by Crippen LogP contribution is 2.38. The number of aromatic hydroxyl groups is 1. The van der Waals surface area contributed by atoms with Gasteiger partial charge in [0.1, 0.15) is 11.6 Å². The quantitative estimate of drug-likeness (QED) is 0.394. The summed E-state index contributed by atoms with van der Waals surface area (Å²) >= 11 is 6.12. The first-order chi connectivity index (χ1) is 14.6. The van der Waals surface area contributed by atoms with E-state index in [1.54, 1.807) is 18.2 Å². The fourth-order valence-electron chi connectivity index (χ4n) is 3.17. The average Bonchev–Trinajstić information content (AvgIpc) is 2.72. The zero-order chi connectivity index (χ0) is 22.8. The molecular weight excluding hydrogens is 438 g/mol. The summed E-state index contributed by atoms with van der Waals surface area (Å²) in [6.45, 7) is 0. The summed E-state index contributed by atoms with van der Waals surface area (Å²) in [7, 11) is 1.15. The van der Waals surface area contributed by atoms with Crippen LogP contribution in [0.4, 0.5) is 17.6 Å². The molecule has 2 aromatic carbocycles. The van der Waals surface area contributed by atoms with Crippen LogP contribution in [0.25, 0.3) is 0 Å². The number of phenols is 1. The SMILES string of the molecule is COC(=O)c1ccc(C(Cc2ccccc2O)c2ncc(C(F)(F)F)cc2Cl)c(F)c1. The number of halogens is 5. The number of hydrogen-bond donors (Lipinski definition) is 1. The molecule has 0 radical (unpaired) electrons. The van der Waals surface area contributed by atoms with Crippen LogP contribution >= 0.6 is 11.6 Å². The zero-order valence-corrected chi connectivity index (χ0v) is 16.8. The Morgan fingerprint density at radius 3 is 2.48 bits per heavy atom. The van der Waals surface area contributed by atoms with Crippen molar-refractivity contribution in [2.24, 2.45) is 0 Å². The summed E-state index contributed by atoms with van der Waals surface area (Å²) in [5, 5.41) is 9.83. The van der Waals surface area contributed by atoms with Crippen LogP contribution in [0, 0.1) is 5.82 Å². The highest BCUT2D eigenvalue weighted by atomic mass is 35.5. The van der Waals surface area contributed by atoms with E-state index in [2.05, 4.69) is 9.72 Å². The molecule has 1 N–H and O–H groups in total. The van der Waals surface area contributed by atoms with Crippen molar-refractivity contribution in [3.05, 3.63) is 93.5 Å². The largest absolute Gasteiger partial charge is 0.508 e. The van der Waals surface area contributed by atoms with Gasteiger partial charge in [-0.05, 0) is 41.8 Å². The van der Waals surface area contributed by atoms with Gasteiger partial charge in [0.15, 0.2) is 0 Å². The Bertz CT molecular complexity index is 1120. The van der Waals surface area contributed by atoms with Crippen LogP contribution in [0.3, 0.4) is 0 Å². The monoisotopic (exact) mass is 453 g/mol. The summed E-state index contributed by atoms with van der Waals surface area (Å²) in [5.74, 6) is -2.54. The number of aromatic nitrogens is 1. The molecule has 1 atom stereocenters. The Kier molecular flexibility index (Phi) is 6.50. The number of carbonyl (C=O) groups excluding carboxylic acids is 1. The molecule has 0 spiro atoms. The molecule has 0 fully saturated rings. The molecule has 1 unspecified atom stereocenters. The second-order valence-electron chi connectivity index (χ2n) is 6.70. The maximum Gasteiger partial charge on any atom is 0.417 e. The van der Waals surface area contributed by atoms with Crippen LogP contribution in [-0.4, -0.2) is 23.2 Å². The van der Waals surface area contributed by atoms with Crippen molar-refractivity contribution in [2.75, 3.05) is 7.11 Å². The lowest BCUT2D eigenvalue weighted by Crippen LogP contribution is -2.13. The van der Waals surface area contributed by atoms with E-state index in [9.17, 15) is 27.5 Å². The summed E-state index contributed by atoms with van der Waals surface area (Å²) in [5.41, 5.74) is -0.602. The Labute approximate surface area is 180 Å². The van der Waals surface area contributed by atoms with Crippen molar-refractivity contribution in [1.82, 2.24) is 4.98 Å². The Morgan fingerprint density at radius 2 is 1.90 bits per heavy atom. The van der Waals surface area contributed by atoms with Crippen molar-refractivity contribution in [2.45, 2.75) is 18.5 Å². The van der Waals surface area contributed by atoms with E-state index < -0.39 is 29.4 Å². The van der Waals surface area contributed by atoms with Crippen LogP contribution in [0.1, 0.15) is 38.7 Å². The molecule has 9 heteroatoms. The van der Waals surface area contributed by atoms with Crippen LogP contribution in [-0.2, 0) is 17.3 Å². The van der Waals surface area contributed by atoms with Crippen molar-refractivity contribution in [3.8, 4) is 5.75 Å². The molecule has 0 aliphatic heterocycles. The van der Waals surface area contributed by atoms with Gasteiger partial charge in [0.25, 0.3) is 0 Å². The minimum Gasteiger partial charge on any atom is -0.508 e. The van der Waals surface area contributed by atoms with Gasteiger partial charge in [-0.3, -0.25) is 4.98 Å². The van der Waals surface area contributed by atoms with Gasteiger partial charge in [0.05, 0.1) is 29.0 Å². The number of phenolic OH excluding ortho intramolecular Hbond substituents is 1. The van der Waals surface area contributed by atoms with Crippen molar-refractivity contribution < 1.29 is 32.2 Å². The second kappa shape index (κ2) is 8.93. The van der Waals surface area contributed by atoms with Gasteiger partial charge in [-0.2, -0.15) is 13.2 Å². The fourth-order valence-corrected chi connectivity index (χ4v) is 3.47. The molecule has 0 aliphatic carbocycles. The lowest BCUT2D eigenvalue weighted by molar-refractivity contribution is -0.137. The minimum absolute atomic E-state index is 0.000745. The molecule has 0 bridgehead atoms. The fraction of sp³-hybridized carbons (Fsp3) is 0.182. The number of para-hydroxylation sites is 1. The lowest BCUT2D eigenvalue weighted by atomic mass is 9.87. The number of methoxy groups -OCH3 is 1. The molecule has 4 nitrogen and oxygen atoms in total. The van der Waals surface area contributed by atoms with E-state index in [1.807, 2.05) is 0 Å². The third kappa shape index (κ3) is 4.96. The number of alkyl halides is 3. The summed E-state index contributed by atoms with van der Waals surface area (Å²) < 4.78 is 58.6. The maximum atomic E-state index is 15.0. The van der Waals surface area contributed by atoms with Gasteiger partial charge in [-0.1, -0.05) is 35.9 Å². The first kappa shape index (κ1) is 22.6. The molecule has 0 aliphatic rings. The predicted octanol–water partition coefficient (Wildman–Crippen LogP) is 5.76. The van der Waals surface area contributed by atoms with E-state index in [1.165, 1.54) is 18.2 Å². The molecule has 0 saturated carbocycles. The molecular formula is C22H16ClF4NO3. The molecule has 1 heterocycles. The summed E-state index contributed by atoms with van der Waals surface area (Å²) in [6.07, 6.45) is -4.02. The molecule has 3 rings (SSSR count). The van der Waals surface area contributed by atoms with Crippen LogP contribution in [0.5, 0.6) is 5.75 Å². The number of rotatable bonds is 5. The molecule has 31 heavy (non-hydrogen) atoms. The standard InChI is InChI=1S/C22H16ClF4NO3/c1-31-21(30)13-6-7-15(18(24)9-13)16(8-12-4-2-3-5-19(12)29)20-17(23)10-14(11-28-20)22(25,26)27/h2-7,9-11,16,29H,8H2,1H3. The zero-order valence-electron chi connectivity index (χ0n) is 16.1. The van der Waals surface area contributed by atoms with E-state index in [0.29, 0.717) is 11.8 Å². The summed E-state index contributed by atoms with van der Waals surface area (Å²) in [6, 6.07) is 10.6. The van der Waals surface area contributed by atoms with Crippen LogP contribution < -0.4 is 0 Å². The number of carbonyl (C=O) groups is 1. The number of pyridine rings is 1. The second-order valence-corrected chi connectivity index (χ2v) is 7.11. The molecule has 0 saturated heterocycles. The van der Waals surface area contributed by atoms with Crippen molar-refractivity contribution in [1.29, 1.82) is 0 Å². The Balaban J connectivity index is 2.12. The minimum atomic E-state index is -4.64. The Morgan fingerprint density at radius 1 is 1.19 bits per heavy atom. The third-order valence-corrected chi connectivity index (χ3v) is 5.04. The number of ether oxygens (including phenoxy) is 1. The van der Waals surface area contributed by atoms with Gasteiger partial charge in [0.2, 0.25) is 0 Å². The first-order valence-corrected chi connectivity index (χ1v) is 9.37. The topological polar surface area (TPSA) is 59.4 Å². The van der Waals surface area contributed by atoms with E-state index in [0.717, 1.165) is 19.2 Å². The van der Waals surface area contributed by atoms with Gasteiger partial charge in [-0.15, -0.1) is 0 Å². The summed E-state index contributed by atoms with van der Waals surface area (Å²) in [4.78, 5) is 15.5. The number of benzene rings is 2. The lowest BCUT2D eigenvalue weighted by Gasteiger charge is -2.21. The Hall–Kier alpha value is -3.13. The van der Waals surface area contributed by atoms with Crippen molar-refractivity contribution >= 4 is 17.6 Å². The molecule has 1 aromatic heterocycles. The molecule has 0 amide bonds. The highest BCUT2D eigenvalue weighted by Gasteiger charge is 2.33. The predicted molar refractivity (Wildman–Crippen MR) is 106 cm³/mol. The van der Waals surface area contributed by atoms with E-state index >= 15 is 0 Å². The smallest absolute Gasteiger partial charge is 0.417 e. The van der Waals surface area contributed by atoms with Gasteiger partial charge < -0.3 is 9.84 Å². The van der Waals surface area contributed by atoms with Gasteiger partial charge in [0, 0.05) is 12.1 Å². The van der Waals surface area contributed by atoms with Crippen LogP contribution in [0.2, 0.25) is 5.02 Å². The van der Waals surface area contributed by atoms with E-state index in [4.69, 9.17) is 11.6 Å². The number of hydrogen-bond acceptors (Lipinski definition) is 4. The average molecular weight is 454 g/mol. The van der Waals surface area contributed by atoms with Gasteiger partial charge >= 0.3 is 12.1 Å². The third-order valence-electron chi connectivity index (χ3n) is 4.74. The maximum absolute atomic E-state index is 15.0. The molecule has 3 aromatic rings. The van der Waals surface area contributed by atoms with Gasteiger partial charge in [-0.25, -0.2) is 9.18 Å². The van der Waals surface area contributed by atoms with Crippen molar-refractivity contribution in [3.63, 3.8) is 0 Å². The number of nitrogens with zero attached hydrogens (tertiary/aromatic N) is 1. The highest BCUT2D eigenvalue weighted by molar-refractivity contribution is 6.31. The number of esters is 1. The normalized spacial score (nSPS) is 12.5. The van der Waals surface area contributed by atoms with E-state index in [-0.39, 0.29) is 34.0 Å². The first-order valence-electron chi connectivity index (χ1n) is 8.99. The van der Waals surface area contributed by atoms with Crippen LogP contribution in [0.15, 0.2) is 54.7 Å².